The van der Waals surface area contributed by atoms with Crippen LogP contribution in [0.4, 0.5) is 0 Å². The zero-order valence-corrected chi connectivity index (χ0v) is 14.4. The van der Waals surface area contributed by atoms with Crippen LogP contribution in [0.2, 0.25) is 0 Å². The zero-order chi connectivity index (χ0) is 18.7. The summed E-state index contributed by atoms with van der Waals surface area (Å²) < 4.78 is 6.63. The summed E-state index contributed by atoms with van der Waals surface area (Å²) in [7, 11) is 1.22. The molecule has 0 bridgehead atoms. The van der Waals surface area contributed by atoms with E-state index < -0.39 is 18.0 Å². The highest BCUT2D eigenvalue weighted by Gasteiger charge is 2.23. The van der Waals surface area contributed by atoms with E-state index in [2.05, 4.69) is 4.74 Å². The number of rotatable bonds is 6. The molecule has 0 aliphatic rings. The number of nitrogens with two attached hydrogens (primary N) is 1. The Hall–Kier alpha value is -3.12. The van der Waals surface area contributed by atoms with Crippen LogP contribution < -0.4 is 5.73 Å². The highest BCUT2D eigenvalue weighted by molar-refractivity contribution is 5.94. The maximum Gasteiger partial charge on any atom is 0.339 e. The van der Waals surface area contributed by atoms with E-state index in [1.165, 1.54) is 7.11 Å². The van der Waals surface area contributed by atoms with Crippen LogP contribution in [-0.2, 0) is 27.3 Å². The molecule has 0 saturated heterocycles. The van der Waals surface area contributed by atoms with Gasteiger partial charge >= 0.3 is 5.97 Å². The largest absolute Gasteiger partial charge is 0.467 e. The van der Waals surface area contributed by atoms with Crippen LogP contribution in [0.1, 0.15) is 22.8 Å². The lowest BCUT2D eigenvalue weighted by Gasteiger charge is -2.12. The second-order valence-corrected chi connectivity index (χ2v) is 6.08. The summed E-state index contributed by atoms with van der Waals surface area (Å²) in [5.74, 6) is -1.23. The lowest BCUT2D eigenvalue weighted by atomic mass is 10.00. The number of hydrogen-bond donors (Lipinski definition) is 2. The summed E-state index contributed by atoms with van der Waals surface area (Å²) in [5.41, 5.74) is 8.36. The van der Waals surface area contributed by atoms with Crippen LogP contribution in [-0.4, -0.2) is 28.7 Å². The Labute approximate surface area is 150 Å². The molecule has 0 aliphatic carbocycles. The Balaban J connectivity index is 2.15. The molecule has 3 rings (SSSR count). The Morgan fingerprint density at radius 2 is 1.88 bits per heavy atom. The van der Waals surface area contributed by atoms with E-state index in [9.17, 15) is 14.7 Å². The lowest BCUT2D eigenvalue weighted by molar-refractivity contribution is -0.150. The molecule has 0 radical (unpaired) electrons. The maximum absolute atomic E-state index is 11.8. The van der Waals surface area contributed by atoms with E-state index in [1.54, 1.807) is 12.1 Å². The van der Waals surface area contributed by atoms with Gasteiger partial charge in [0, 0.05) is 29.2 Å². The fraction of sp³-hybridized carbons (Fsp3) is 0.200. The molecule has 0 spiro atoms. The standard InChI is InChI=1S/C20H20N2O4/c1-26-20(25)19(24)15-8-5-9-16-18(15)14(10-17(21)23)12-22(16)11-13-6-3-2-4-7-13/h2-9,12,19,24H,10-11H2,1H3,(H2,21,23). The number of benzene rings is 2. The minimum Gasteiger partial charge on any atom is -0.467 e. The molecule has 2 aromatic carbocycles. The van der Waals surface area contributed by atoms with Gasteiger partial charge in [-0.3, -0.25) is 4.79 Å². The van der Waals surface area contributed by atoms with Crippen molar-refractivity contribution >= 4 is 22.8 Å². The van der Waals surface area contributed by atoms with Gasteiger partial charge < -0.3 is 20.1 Å². The molecule has 1 heterocycles. The number of esters is 1. The van der Waals surface area contributed by atoms with Gasteiger partial charge in [-0.2, -0.15) is 0 Å². The minimum atomic E-state index is -1.43. The number of aromatic nitrogens is 1. The predicted molar refractivity (Wildman–Crippen MR) is 97.4 cm³/mol. The molecule has 6 heteroatoms. The average molecular weight is 352 g/mol. The Morgan fingerprint density at radius 1 is 1.15 bits per heavy atom. The third-order valence-electron chi connectivity index (χ3n) is 4.30. The van der Waals surface area contributed by atoms with Crippen LogP contribution in [0, 0.1) is 0 Å². The second kappa shape index (κ2) is 7.41. The van der Waals surface area contributed by atoms with Crippen LogP contribution in [0.3, 0.4) is 0 Å². The molecule has 3 aromatic rings. The smallest absolute Gasteiger partial charge is 0.339 e. The van der Waals surface area contributed by atoms with Crippen molar-refractivity contribution in [3.63, 3.8) is 0 Å². The summed E-state index contributed by atoms with van der Waals surface area (Å²) in [6.07, 6.45) is 0.432. The molecular weight excluding hydrogens is 332 g/mol. The molecule has 1 amide bonds. The van der Waals surface area contributed by atoms with Gasteiger partial charge in [0.1, 0.15) is 0 Å². The van der Waals surface area contributed by atoms with Crippen molar-refractivity contribution < 1.29 is 19.4 Å². The van der Waals surface area contributed by atoms with Gasteiger partial charge in [-0.25, -0.2) is 4.79 Å². The Kier molecular flexibility index (Phi) is 5.04. The van der Waals surface area contributed by atoms with Gasteiger partial charge in [-0.1, -0.05) is 42.5 Å². The van der Waals surface area contributed by atoms with Gasteiger partial charge in [-0.15, -0.1) is 0 Å². The topological polar surface area (TPSA) is 94.6 Å². The summed E-state index contributed by atoms with van der Waals surface area (Å²) in [5, 5.41) is 11.0. The van der Waals surface area contributed by atoms with Crippen LogP contribution in [0.5, 0.6) is 0 Å². The van der Waals surface area contributed by atoms with Crippen LogP contribution >= 0.6 is 0 Å². The van der Waals surface area contributed by atoms with Crippen molar-refractivity contribution in [1.82, 2.24) is 4.57 Å². The van der Waals surface area contributed by atoms with Crippen molar-refractivity contribution in [3.05, 3.63) is 71.4 Å². The number of aliphatic hydroxyl groups excluding tert-OH is 1. The number of carbonyl (C=O) groups is 2. The predicted octanol–water partition coefficient (Wildman–Crippen LogP) is 1.92. The highest BCUT2D eigenvalue weighted by Crippen LogP contribution is 2.31. The summed E-state index contributed by atoms with van der Waals surface area (Å²) in [4.78, 5) is 23.3. The zero-order valence-electron chi connectivity index (χ0n) is 14.4. The van der Waals surface area contributed by atoms with Gasteiger partial charge in [0.15, 0.2) is 6.10 Å². The molecular formula is C20H20N2O4. The van der Waals surface area contributed by atoms with E-state index in [0.717, 1.165) is 11.1 Å². The Bertz CT molecular complexity index is 947. The maximum atomic E-state index is 11.8. The molecule has 1 aromatic heterocycles. The number of ether oxygens (including phenoxy) is 1. The monoisotopic (exact) mass is 352 g/mol. The number of hydrogen-bond acceptors (Lipinski definition) is 4. The average Bonchev–Trinajstić information content (AvgIpc) is 2.98. The number of methoxy groups -OCH3 is 1. The fourth-order valence-electron chi connectivity index (χ4n) is 3.17. The van der Waals surface area contributed by atoms with Crippen molar-refractivity contribution in [2.75, 3.05) is 7.11 Å². The molecule has 3 N–H and O–H groups in total. The number of aliphatic hydroxyl groups is 1. The third kappa shape index (κ3) is 3.45. The minimum absolute atomic E-state index is 0.0171. The third-order valence-corrected chi connectivity index (χ3v) is 4.30. The molecule has 0 aliphatic heterocycles. The summed E-state index contributed by atoms with van der Waals surface area (Å²) in [6, 6.07) is 15.2. The van der Waals surface area contributed by atoms with Crippen LogP contribution in [0.15, 0.2) is 54.7 Å². The molecule has 0 fully saturated rings. The van der Waals surface area contributed by atoms with Gasteiger partial charge in [0.25, 0.3) is 0 Å². The first-order valence-corrected chi connectivity index (χ1v) is 8.20. The van der Waals surface area contributed by atoms with Crippen molar-refractivity contribution in [2.24, 2.45) is 5.73 Å². The van der Waals surface area contributed by atoms with Gasteiger partial charge in [-0.05, 0) is 17.2 Å². The Morgan fingerprint density at radius 3 is 2.54 bits per heavy atom. The molecule has 1 unspecified atom stereocenters. The van der Waals surface area contributed by atoms with E-state index in [-0.39, 0.29) is 6.42 Å². The number of nitrogens with zero attached hydrogens (tertiary/aromatic N) is 1. The first-order chi connectivity index (χ1) is 12.5. The SMILES string of the molecule is COC(=O)C(O)c1cccc2c1c(CC(N)=O)cn2Cc1ccccc1. The first kappa shape index (κ1) is 17.7. The number of primary amides is 1. The highest BCUT2D eigenvalue weighted by atomic mass is 16.5. The van der Waals surface area contributed by atoms with Crippen molar-refractivity contribution in [1.29, 1.82) is 0 Å². The first-order valence-electron chi connectivity index (χ1n) is 8.20. The van der Waals surface area contributed by atoms with Crippen molar-refractivity contribution in [2.45, 2.75) is 19.1 Å². The number of fused-ring (bicyclic) bond motifs is 1. The number of carbonyl (C=O) groups excluding carboxylic acids is 2. The van der Waals surface area contributed by atoms with E-state index in [4.69, 9.17) is 5.73 Å². The van der Waals surface area contributed by atoms with E-state index in [0.29, 0.717) is 23.1 Å². The quantitative estimate of drug-likeness (QED) is 0.663. The molecule has 1 atom stereocenters. The van der Waals surface area contributed by atoms with Crippen LogP contribution in [0.25, 0.3) is 10.9 Å². The summed E-state index contributed by atoms with van der Waals surface area (Å²) in [6.45, 7) is 0.591. The van der Waals surface area contributed by atoms with Gasteiger partial charge in [0.2, 0.25) is 5.91 Å². The normalized spacial score (nSPS) is 12.1. The molecule has 26 heavy (non-hydrogen) atoms. The van der Waals surface area contributed by atoms with E-state index >= 15 is 0 Å². The number of amides is 1. The molecule has 134 valence electrons. The lowest BCUT2D eigenvalue weighted by Crippen LogP contribution is -2.15. The van der Waals surface area contributed by atoms with Gasteiger partial charge in [0.05, 0.1) is 13.5 Å². The molecule has 6 nitrogen and oxygen atoms in total. The second-order valence-electron chi connectivity index (χ2n) is 6.08. The van der Waals surface area contributed by atoms with Crippen molar-refractivity contribution in [3.8, 4) is 0 Å². The summed E-state index contributed by atoms with van der Waals surface area (Å²) >= 11 is 0. The van der Waals surface area contributed by atoms with E-state index in [1.807, 2.05) is 47.2 Å². The fourth-order valence-corrected chi connectivity index (χ4v) is 3.17. The molecule has 0 saturated carbocycles.